The van der Waals surface area contributed by atoms with E-state index in [1.807, 2.05) is 10.4 Å². The Bertz CT molecular complexity index is 700. The number of piperazine rings is 1. The molecule has 1 amide bonds. The number of carbonyl (C=O) groups excluding carboxylic acids is 2. The average Bonchev–Trinajstić information content (AvgIpc) is 3.17. The molecule has 0 radical (unpaired) electrons. The second-order valence-electron chi connectivity index (χ2n) is 5.83. The van der Waals surface area contributed by atoms with Crippen molar-refractivity contribution in [2.75, 3.05) is 26.2 Å². The monoisotopic (exact) mass is 332 g/mol. The van der Waals surface area contributed by atoms with Gasteiger partial charge in [-0.05, 0) is 13.0 Å². The Morgan fingerprint density at radius 2 is 2.00 bits per heavy atom. The van der Waals surface area contributed by atoms with Crippen LogP contribution in [0.2, 0.25) is 0 Å². The van der Waals surface area contributed by atoms with Crippen molar-refractivity contribution in [1.82, 2.24) is 19.4 Å². The van der Waals surface area contributed by atoms with Gasteiger partial charge in [0.05, 0.1) is 11.2 Å². The molecule has 1 fully saturated rings. The van der Waals surface area contributed by atoms with Crippen LogP contribution in [0.3, 0.4) is 0 Å². The van der Waals surface area contributed by atoms with Gasteiger partial charge >= 0.3 is 0 Å². The summed E-state index contributed by atoms with van der Waals surface area (Å²) in [6.07, 6.45) is 1.72. The van der Waals surface area contributed by atoms with Gasteiger partial charge in [-0.15, -0.1) is 11.3 Å². The molecule has 0 aliphatic carbocycles. The highest BCUT2D eigenvalue weighted by molar-refractivity contribution is 7.07. The Balaban J connectivity index is 1.61. The van der Waals surface area contributed by atoms with Gasteiger partial charge in [-0.2, -0.15) is 0 Å². The fourth-order valence-electron chi connectivity index (χ4n) is 2.79. The molecule has 0 saturated carbocycles. The Labute approximate surface area is 139 Å². The van der Waals surface area contributed by atoms with E-state index in [1.54, 1.807) is 35.2 Å². The van der Waals surface area contributed by atoms with E-state index in [0.717, 1.165) is 25.3 Å². The molecule has 0 bridgehead atoms. The summed E-state index contributed by atoms with van der Waals surface area (Å²) in [5.74, 6) is -0.0268. The van der Waals surface area contributed by atoms with E-state index in [-0.39, 0.29) is 11.7 Å². The van der Waals surface area contributed by atoms with Crippen LogP contribution in [0.15, 0.2) is 23.2 Å². The summed E-state index contributed by atoms with van der Waals surface area (Å²) in [7, 11) is 1.80. The molecule has 3 rings (SSSR count). The van der Waals surface area contributed by atoms with Crippen LogP contribution in [0, 0.1) is 0 Å². The molecule has 0 spiro atoms. The lowest BCUT2D eigenvalue weighted by molar-refractivity contribution is 0.0618. The summed E-state index contributed by atoms with van der Waals surface area (Å²) in [6.45, 7) is 5.43. The largest absolute Gasteiger partial charge is 0.346 e. The van der Waals surface area contributed by atoms with Crippen molar-refractivity contribution in [3.63, 3.8) is 0 Å². The van der Waals surface area contributed by atoms with Crippen molar-refractivity contribution in [3.8, 4) is 0 Å². The van der Waals surface area contributed by atoms with Crippen molar-refractivity contribution < 1.29 is 9.59 Å². The zero-order valence-corrected chi connectivity index (χ0v) is 14.2. The van der Waals surface area contributed by atoms with Gasteiger partial charge in [-0.25, -0.2) is 4.98 Å². The lowest BCUT2D eigenvalue weighted by Gasteiger charge is -2.34. The molecule has 6 nitrogen and oxygen atoms in total. The summed E-state index contributed by atoms with van der Waals surface area (Å²) in [5, 5.41) is 2.06. The number of rotatable bonds is 4. The number of carbonyl (C=O) groups is 2. The van der Waals surface area contributed by atoms with E-state index < -0.39 is 0 Å². The maximum Gasteiger partial charge on any atom is 0.270 e. The van der Waals surface area contributed by atoms with Crippen LogP contribution >= 0.6 is 11.3 Å². The number of nitrogens with zero attached hydrogens (tertiary/aromatic N) is 4. The Morgan fingerprint density at radius 3 is 2.57 bits per heavy atom. The first-order valence-electron chi connectivity index (χ1n) is 7.60. The van der Waals surface area contributed by atoms with Gasteiger partial charge in [-0.1, -0.05) is 0 Å². The number of Topliss-reactive ketones (excluding diaryl/α,β-unsaturated/α-hetero) is 1. The predicted octanol–water partition coefficient (Wildman–Crippen LogP) is 1.64. The molecule has 1 aliphatic heterocycles. The first kappa shape index (κ1) is 15.9. The molecule has 23 heavy (non-hydrogen) atoms. The minimum atomic E-state index is -0.0206. The third-order valence-corrected chi connectivity index (χ3v) is 4.79. The van der Waals surface area contributed by atoms with Gasteiger partial charge in [0.15, 0.2) is 5.78 Å². The summed E-state index contributed by atoms with van der Waals surface area (Å²) < 4.78 is 1.74. The third-order valence-electron chi connectivity index (χ3n) is 4.16. The van der Waals surface area contributed by atoms with Crippen molar-refractivity contribution in [2.24, 2.45) is 7.05 Å². The van der Waals surface area contributed by atoms with Gasteiger partial charge in [0, 0.05) is 56.9 Å². The minimum Gasteiger partial charge on any atom is -0.346 e. The first-order valence-corrected chi connectivity index (χ1v) is 8.55. The average molecular weight is 332 g/mol. The van der Waals surface area contributed by atoms with E-state index in [0.29, 0.717) is 24.3 Å². The first-order chi connectivity index (χ1) is 11.0. The summed E-state index contributed by atoms with van der Waals surface area (Å²) in [6, 6.07) is 1.69. The van der Waals surface area contributed by atoms with E-state index in [1.165, 1.54) is 6.92 Å². The van der Waals surface area contributed by atoms with Gasteiger partial charge < -0.3 is 9.47 Å². The molecule has 0 aromatic carbocycles. The van der Waals surface area contributed by atoms with E-state index in [4.69, 9.17) is 0 Å². The Morgan fingerprint density at radius 1 is 1.26 bits per heavy atom. The number of aryl methyl sites for hydroxylation is 1. The number of thiazole rings is 1. The highest BCUT2D eigenvalue weighted by Crippen LogP contribution is 2.14. The molecule has 1 saturated heterocycles. The molecule has 0 N–H and O–H groups in total. The molecule has 1 aliphatic rings. The van der Waals surface area contributed by atoms with Crippen LogP contribution < -0.4 is 0 Å². The zero-order valence-electron chi connectivity index (χ0n) is 13.4. The number of hydrogen-bond donors (Lipinski definition) is 0. The smallest absolute Gasteiger partial charge is 0.270 e. The molecule has 122 valence electrons. The highest BCUT2D eigenvalue weighted by atomic mass is 32.1. The van der Waals surface area contributed by atoms with Crippen molar-refractivity contribution in [2.45, 2.75) is 13.5 Å². The van der Waals surface area contributed by atoms with Gasteiger partial charge in [0.2, 0.25) is 0 Å². The molecular formula is C16H20N4O2S. The van der Waals surface area contributed by atoms with Crippen LogP contribution in [0.1, 0.15) is 33.5 Å². The van der Waals surface area contributed by atoms with E-state index >= 15 is 0 Å². The molecule has 7 heteroatoms. The molecule has 2 aromatic rings. The SMILES string of the molecule is CC(=O)c1cc(C(=O)N2CCN(Cc3cscn3)CC2)n(C)c1. The van der Waals surface area contributed by atoms with Gasteiger partial charge in [0.25, 0.3) is 5.91 Å². The summed E-state index contributed by atoms with van der Waals surface area (Å²) in [4.78, 5) is 32.6. The van der Waals surface area contributed by atoms with E-state index in [2.05, 4.69) is 15.3 Å². The zero-order chi connectivity index (χ0) is 16.4. The molecule has 0 unspecified atom stereocenters. The van der Waals surface area contributed by atoms with Crippen LogP contribution in [-0.2, 0) is 13.6 Å². The van der Waals surface area contributed by atoms with Crippen molar-refractivity contribution in [1.29, 1.82) is 0 Å². The number of amides is 1. The minimum absolute atomic E-state index is 0.00620. The van der Waals surface area contributed by atoms with Crippen LogP contribution in [-0.4, -0.2) is 57.2 Å². The molecule has 2 aromatic heterocycles. The topological polar surface area (TPSA) is 58.4 Å². The lowest BCUT2D eigenvalue weighted by Crippen LogP contribution is -2.48. The molecule has 3 heterocycles. The standard InChI is InChI=1S/C16H20N4O2S/c1-12(21)13-7-15(18(2)8-13)16(22)20-5-3-19(4-6-20)9-14-10-23-11-17-14/h7-8,10-11H,3-6,9H2,1-2H3. The second kappa shape index (κ2) is 6.64. The Kier molecular flexibility index (Phi) is 4.58. The van der Waals surface area contributed by atoms with Crippen molar-refractivity contribution >= 4 is 23.0 Å². The fourth-order valence-corrected chi connectivity index (χ4v) is 3.34. The van der Waals surface area contributed by atoms with E-state index in [9.17, 15) is 9.59 Å². The molecule has 0 atom stereocenters. The quantitative estimate of drug-likeness (QED) is 0.799. The van der Waals surface area contributed by atoms with Gasteiger partial charge in [0.1, 0.15) is 5.69 Å². The normalized spacial score (nSPS) is 15.8. The maximum absolute atomic E-state index is 12.6. The van der Waals surface area contributed by atoms with Crippen LogP contribution in [0.25, 0.3) is 0 Å². The van der Waals surface area contributed by atoms with Crippen LogP contribution in [0.5, 0.6) is 0 Å². The van der Waals surface area contributed by atoms with Crippen LogP contribution in [0.4, 0.5) is 0 Å². The van der Waals surface area contributed by atoms with Crippen molar-refractivity contribution in [3.05, 3.63) is 40.1 Å². The number of hydrogen-bond acceptors (Lipinski definition) is 5. The highest BCUT2D eigenvalue weighted by Gasteiger charge is 2.24. The third kappa shape index (κ3) is 3.51. The second-order valence-corrected chi connectivity index (χ2v) is 6.55. The predicted molar refractivity (Wildman–Crippen MR) is 88.7 cm³/mol. The molecular weight excluding hydrogens is 312 g/mol. The number of ketones is 1. The maximum atomic E-state index is 12.6. The van der Waals surface area contributed by atoms with Gasteiger partial charge in [-0.3, -0.25) is 14.5 Å². The summed E-state index contributed by atoms with van der Waals surface area (Å²) in [5.41, 5.74) is 4.08. The summed E-state index contributed by atoms with van der Waals surface area (Å²) >= 11 is 1.60. The lowest BCUT2D eigenvalue weighted by atomic mass is 10.2. The number of aromatic nitrogens is 2. The Hall–Kier alpha value is -1.99. The fraction of sp³-hybridized carbons (Fsp3) is 0.438.